The van der Waals surface area contributed by atoms with Crippen LogP contribution < -0.4 is 5.32 Å². The van der Waals surface area contributed by atoms with E-state index >= 15 is 0 Å². The lowest BCUT2D eigenvalue weighted by Gasteiger charge is -2.20. The number of hydrogen-bond acceptors (Lipinski definition) is 3. The summed E-state index contributed by atoms with van der Waals surface area (Å²) in [7, 11) is 2.00. The average molecular weight is 239 g/mol. The topological polar surface area (TPSA) is 50.1 Å². The molecule has 0 aliphatic carbocycles. The van der Waals surface area contributed by atoms with Gasteiger partial charge in [-0.1, -0.05) is 26.7 Å². The van der Waals surface area contributed by atoms with E-state index in [1.54, 1.807) is 0 Å². The number of aryl methyl sites for hydroxylation is 1. The van der Waals surface area contributed by atoms with Crippen molar-refractivity contribution in [1.29, 1.82) is 0 Å². The smallest absolute Gasteiger partial charge is 0.109 e. The van der Waals surface area contributed by atoms with Gasteiger partial charge in [0.15, 0.2) is 0 Å². The van der Waals surface area contributed by atoms with Crippen molar-refractivity contribution in [3.63, 3.8) is 0 Å². The Balaban J connectivity index is 2.18. The van der Waals surface area contributed by atoms with Crippen LogP contribution in [-0.2, 0) is 13.5 Å². The molecule has 4 heteroatoms. The molecule has 0 aromatic carbocycles. The lowest BCUT2D eigenvalue weighted by molar-refractivity contribution is 0.102. The van der Waals surface area contributed by atoms with Gasteiger partial charge in [0.1, 0.15) is 5.82 Å². The Bertz CT molecular complexity index is 307. The molecular formula is C13H25N3O. The monoisotopic (exact) mass is 239 g/mol. The normalized spacial score (nSPS) is 13.2. The third kappa shape index (κ3) is 4.48. The number of aromatic nitrogens is 2. The van der Waals surface area contributed by atoms with Crippen LogP contribution in [0.5, 0.6) is 0 Å². The quantitative estimate of drug-likeness (QED) is 0.673. The number of nitrogens with one attached hydrogen (secondary N) is 1. The van der Waals surface area contributed by atoms with E-state index < -0.39 is 0 Å². The van der Waals surface area contributed by atoms with Gasteiger partial charge in [-0.3, -0.25) is 0 Å². The number of hydrogen-bond donors (Lipinski definition) is 2. The molecule has 1 heterocycles. The van der Waals surface area contributed by atoms with Crippen LogP contribution in [0.2, 0.25) is 0 Å². The van der Waals surface area contributed by atoms with Gasteiger partial charge in [0, 0.05) is 39.0 Å². The van der Waals surface area contributed by atoms with E-state index in [1.165, 1.54) is 0 Å². The lowest BCUT2D eigenvalue weighted by Crippen LogP contribution is -2.33. The minimum atomic E-state index is -0.230. The van der Waals surface area contributed by atoms with Crippen LogP contribution in [0.4, 0.5) is 0 Å². The summed E-state index contributed by atoms with van der Waals surface area (Å²) in [6.45, 7) is 5.80. The molecule has 0 amide bonds. The molecule has 98 valence electrons. The van der Waals surface area contributed by atoms with Gasteiger partial charge < -0.3 is 15.0 Å². The molecule has 0 aliphatic heterocycles. The summed E-state index contributed by atoms with van der Waals surface area (Å²) in [6, 6.07) is 0. The molecule has 0 saturated heterocycles. The van der Waals surface area contributed by atoms with Crippen molar-refractivity contribution in [3.05, 3.63) is 18.2 Å². The molecule has 1 aromatic rings. The maximum absolute atomic E-state index is 9.94. The summed E-state index contributed by atoms with van der Waals surface area (Å²) in [6.07, 6.45) is 6.52. The summed E-state index contributed by atoms with van der Waals surface area (Å²) in [5.74, 6) is 1.49. The molecule has 0 aliphatic rings. The van der Waals surface area contributed by atoms with Crippen molar-refractivity contribution in [2.45, 2.75) is 39.2 Å². The van der Waals surface area contributed by atoms with Gasteiger partial charge in [0.25, 0.3) is 0 Å². The minimum Gasteiger partial charge on any atom is -0.392 e. The first-order valence-electron chi connectivity index (χ1n) is 6.54. The van der Waals surface area contributed by atoms with Gasteiger partial charge in [-0.2, -0.15) is 0 Å². The van der Waals surface area contributed by atoms with Crippen LogP contribution in [0, 0.1) is 5.92 Å². The molecule has 0 bridgehead atoms. The maximum atomic E-state index is 9.94. The molecular weight excluding hydrogens is 214 g/mol. The highest BCUT2D eigenvalue weighted by Crippen LogP contribution is 2.12. The zero-order valence-electron chi connectivity index (χ0n) is 11.2. The summed E-state index contributed by atoms with van der Waals surface area (Å²) in [5, 5.41) is 13.2. The minimum absolute atomic E-state index is 0.230. The number of nitrogens with zero attached hydrogens (tertiary/aromatic N) is 2. The SMILES string of the molecule is CCC(CC)C(O)CNCCc1nccn1C. The molecule has 1 unspecified atom stereocenters. The van der Waals surface area contributed by atoms with Crippen molar-refractivity contribution >= 4 is 0 Å². The molecule has 0 radical (unpaired) electrons. The largest absolute Gasteiger partial charge is 0.392 e. The fourth-order valence-electron chi connectivity index (χ4n) is 2.09. The zero-order chi connectivity index (χ0) is 12.7. The number of aliphatic hydroxyl groups is 1. The Morgan fingerprint density at radius 1 is 1.41 bits per heavy atom. The molecule has 0 saturated carbocycles. The molecule has 1 aromatic heterocycles. The first-order valence-corrected chi connectivity index (χ1v) is 6.54. The van der Waals surface area contributed by atoms with Gasteiger partial charge >= 0.3 is 0 Å². The predicted octanol–water partition coefficient (Wildman–Crippen LogP) is 1.35. The summed E-state index contributed by atoms with van der Waals surface area (Å²) in [5.41, 5.74) is 0. The van der Waals surface area contributed by atoms with Crippen LogP contribution in [0.25, 0.3) is 0 Å². The molecule has 2 N–H and O–H groups in total. The van der Waals surface area contributed by atoms with E-state index in [-0.39, 0.29) is 6.10 Å². The third-order valence-electron chi connectivity index (χ3n) is 3.39. The van der Waals surface area contributed by atoms with Gasteiger partial charge in [-0.15, -0.1) is 0 Å². The van der Waals surface area contributed by atoms with E-state index in [1.807, 2.05) is 24.0 Å². The van der Waals surface area contributed by atoms with Crippen LogP contribution in [0.1, 0.15) is 32.5 Å². The molecule has 0 spiro atoms. The fourth-order valence-corrected chi connectivity index (χ4v) is 2.09. The van der Waals surface area contributed by atoms with Crippen LogP contribution in [-0.4, -0.2) is 33.9 Å². The lowest BCUT2D eigenvalue weighted by atomic mass is 9.96. The van der Waals surface area contributed by atoms with Crippen molar-refractivity contribution in [2.75, 3.05) is 13.1 Å². The number of rotatable bonds is 8. The molecule has 1 rings (SSSR count). The van der Waals surface area contributed by atoms with Crippen LogP contribution in [0.3, 0.4) is 0 Å². The highest BCUT2D eigenvalue weighted by atomic mass is 16.3. The van der Waals surface area contributed by atoms with Gasteiger partial charge in [0.2, 0.25) is 0 Å². The van der Waals surface area contributed by atoms with Crippen molar-refractivity contribution in [3.8, 4) is 0 Å². The Morgan fingerprint density at radius 2 is 2.12 bits per heavy atom. The molecule has 1 atom stereocenters. The Hall–Kier alpha value is -0.870. The van der Waals surface area contributed by atoms with E-state index in [0.717, 1.165) is 31.6 Å². The standard InChI is InChI=1S/C13H25N3O/c1-4-11(5-2)12(17)10-14-7-6-13-15-8-9-16(13)3/h8-9,11-12,14,17H,4-7,10H2,1-3H3. The van der Waals surface area contributed by atoms with Gasteiger partial charge in [-0.25, -0.2) is 4.98 Å². The number of imidazole rings is 1. The maximum Gasteiger partial charge on any atom is 0.109 e. The van der Waals surface area contributed by atoms with E-state index in [4.69, 9.17) is 0 Å². The summed E-state index contributed by atoms with van der Waals surface area (Å²) >= 11 is 0. The summed E-state index contributed by atoms with van der Waals surface area (Å²) in [4.78, 5) is 4.26. The average Bonchev–Trinajstić information content (AvgIpc) is 2.72. The van der Waals surface area contributed by atoms with Crippen LogP contribution >= 0.6 is 0 Å². The molecule has 0 fully saturated rings. The Labute approximate surface area is 104 Å². The van der Waals surface area contributed by atoms with E-state index in [9.17, 15) is 5.11 Å². The molecule has 17 heavy (non-hydrogen) atoms. The fraction of sp³-hybridized carbons (Fsp3) is 0.769. The molecule has 4 nitrogen and oxygen atoms in total. The van der Waals surface area contributed by atoms with Crippen molar-refractivity contribution in [1.82, 2.24) is 14.9 Å². The van der Waals surface area contributed by atoms with Crippen molar-refractivity contribution in [2.24, 2.45) is 13.0 Å². The Kier molecular flexibility index (Phi) is 6.22. The second kappa shape index (κ2) is 7.45. The van der Waals surface area contributed by atoms with Gasteiger partial charge in [-0.05, 0) is 5.92 Å². The first-order chi connectivity index (χ1) is 8.19. The second-order valence-corrected chi connectivity index (χ2v) is 4.55. The van der Waals surface area contributed by atoms with E-state index in [2.05, 4.69) is 24.1 Å². The van der Waals surface area contributed by atoms with Crippen LogP contribution in [0.15, 0.2) is 12.4 Å². The Morgan fingerprint density at radius 3 is 2.65 bits per heavy atom. The zero-order valence-corrected chi connectivity index (χ0v) is 11.2. The highest BCUT2D eigenvalue weighted by Gasteiger charge is 2.14. The van der Waals surface area contributed by atoms with Gasteiger partial charge in [0.05, 0.1) is 6.10 Å². The first kappa shape index (κ1) is 14.2. The van der Waals surface area contributed by atoms with E-state index in [0.29, 0.717) is 12.5 Å². The summed E-state index contributed by atoms with van der Waals surface area (Å²) < 4.78 is 2.03. The second-order valence-electron chi connectivity index (χ2n) is 4.55. The number of aliphatic hydroxyl groups excluding tert-OH is 1. The highest BCUT2D eigenvalue weighted by molar-refractivity contribution is 4.91. The third-order valence-corrected chi connectivity index (χ3v) is 3.39. The predicted molar refractivity (Wildman–Crippen MR) is 69.9 cm³/mol. The van der Waals surface area contributed by atoms with Crippen molar-refractivity contribution < 1.29 is 5.11 Å².